The van der Waals surface area contributed by atoms with Crippen molar-refractivity contribution in [2.45, 2.75) is 24.8 Å². The molecule has 2 aromatic rings. The maximum absolute atomic E-state index is 12.8. The topological polar surface area (TPSA) is 111 Å². The average Bonchev–Trinajstić information content (AvgIpc) is 2.68. The molecule has 2 aromatic carbocycles. The van der Waals surface area contributed by atoms with Crippen LogP contribution in [0.3, 0.4) is 0 Å². The fraction of sp³-hybridized carbons (Fsp3) is 0.263. The minimum Gasteiger partial charge on any atom is -0.495 e. The zero-order valence-corrected chi connectivity index (χ0v) is 17.6. The van der Waals surface area contributed by atoms with Crippen molar-refractivity contribution in [2.75, 3.05) is 18.4 Å². The first-order valence-corrected chi connectivity index (χ1v) is 10.5. The number of ether oxygens (including phenoxy) is 2. The van der Waals surface area contributed by atoms with Crippen LogP contribution in [0, 0.1) is 0 Å². The first-order chi connectivity index (χ1) is 13.7. The van der Waals surface area contributed by atoms with Crippen molar-refractivity contribution in [1.29, 1.82) is 0 Å². The lowest BCUT2D eigenvalue weighted by Gasteiger charge is -2.14. The SMILES string of the molecule is CCOC(=O)C(C)NC(=O)c1cccc(S(=O)(=O)Nc2cc(Cl)ccc2OC)c1. The molecule has 0 aliphatic rings. The largest absolute Gasteiger partial charge is 0.495 e. The molecule has 0 aromatic heterocycles. The van der Waals surface area contributed by atoms with Crippen LogP contribution in [0.25, 0.3) is 0 Å². The van der Waals surface area contributed by atoms with Crippen LogP contribution in [0.4, 0.5) is 5.69 Å². The van der Waals surface area contributed by atoms with Crippen LogP contribution in [0.1, 0.15) is 24.2 Å². The molecule has 0 saturated carbocycles. The lowest BCUT2D eigenvalue weighted by Crippen LogP contribution is -2.39. The molecular formula is C19H21ClN2O6S. The number of nitrogens with one attached hydrogen (secondary N) is 2. The van der Waals surface area contributed by atoms with Crippen molar-refractivity contribution in [3.05, 3.63) is 53.1 Å². The van der Waals surface area contributed by atoms with Gasteiger partial charge in [0.1, 0.15) is 11.8 Å². The van der Waals surface area contributed by atoms with Crippen molar-refractivity contribution < 1.29 is 27.5 Å². The monoisotopic (exact) mass is 440 g/mol. The summed E-state index contributed by atoms with van der Waals surface area (Å²) >= 11 is 5.93. The number of anilines is 1. The quantitative estimate of drug-likeness (QED) is 0.610. The van der Waals surface area contributed by atoms with Crippen molar-refractivity contribution in [1.82, 2.24) is 5.32 Å². The molecule has 0 heterocycles. The van der Waals surface area contributed by atoms with E-state index in [1.807, 2.05) is 0 Å². The molecule has 8 nitrogen and oxygen atoms in total. The lowest BCUT2D eigenvalue weighted by molar-refractivity contribution is -0.144. The molecule has 0 radical (unpaired) electrons. The van der Waals surface area contributed by atoms with Gasteiger partial charge >= 0.3 is 5.97 Å². The summed E-state index contributed by atoms with van der Waals surface area (Å²) < 4.78 is 37.9. The average molecular weight is 441 g/mol. The Morgan fingerprint density at radius 2 is 1.90 bits per heavy atom. The second kappa shape index (κ2) is 9.62. The third-order valence-corrected chi connectivity index (χ3v) is 5.40. The summed E-state index contributed by atoms with van der Waals surface area (Å²) in [6, 6.07) is 9.03. The van der Waals surface area contributed by atoms with Crippen molar-refractivity contribution in [3.8, 4) is 5.75 Å². The Kier molecular flexibility index (Phi) is 7.46. The zero-order valence-electron chi connectivity index (χ0n) is 16.1. The number of carbonyl (C=O) groups is 2. The molecule has 0 fully saturated rings. The molecule has 2 N–H and O–H groups in total. The van der Waals surface area contributed by atoms with Gasteiger partial charge in [0.2, 0.25) is 0 Å². The predicted molar refractivity (Wildman–Crippen MR) is 109 cm³/mol. The smallest absolute Gasteiger partial charge is 0.328 e. The van der Waals surface area contributed by atoms with Crippen LogP contribution < -0.4 is 14.8 Å². The second-order valence-corrected chi connectivity index (χ2v) is 8.04. The molecular weight excluding hydrogens is 420 g/mol. The summed E-state index contributed by atoms with van der Waals surface area (Å²) in [7, 11) is -2.63. The molecule has 156 valence electrons. The van der Waals surface area contributed by atoms with Crippen LogP contribution >= 0.6 is 11.6 Å². The van der Waals surface area contributed by atoms with Crippen LogP contribution in [0.2, 0.25) is 5.02 Å². The molecule has 0 spiro atoms. The first-order valence-electron chi connectivity index (χ1n) is 8.62. The highest BCUT2D eigenvalue weighted by Crippen LogP contribution is 2.29. The van der Waals surface area contributed by atoms with Gasteiger partial charge in [0.15, 0.2) is 0 Å². The minimum absolute atomic E-state index is 0.0714. The number of esters is 1. The van der Waals surface area contributed by atoms with E-state index in [0.717, 1.165) is 0 Å². The van der Waals surface area contributed by atoms with Crippen LogP contribution in [-0.2, 0) is 19.6 Å². The zero-order chi connectivity index (χ0) is 21.6. The van der Waals surface area contributed by atoms with Gasteiger partial charge in [-0.1, -0.05) is 17.7 Å². The number of benzene rings is 2. The Balaban J connectivity index is 2.24. The van der Waals surface area contributed by atoms with Gasteiger partial charge in [0.25, 0.3) is 15.9 Å². The highest BCUT2D eigenvalue weighted by molar-refractivity contribution is 7.92. The number of halogens is 1. The van der Waals surface area contributed by atoms with Crippen molar-refractivity contribution >= 4 is 39.2 Å². The summed E-state index contributed by atoms with van der Waals surface area (Å²) in [4.78, 5) is 23.9. The molecule has 0 bridgehead atoms. The molecule has 29 heavy (non-hydrogen) atoms. The molecule has 0 saturated heterocycles. The number of hydrogen-bond donors (Lipinski definition) is 2. The van der Waals surface area contributed by atoms with E-state index in [9.17, 15) is 18.0 Å². The van der Waals surface area contributed by atoms with E-state index in [0.29, 0.717) is 5.02 Å². The second-order valence-electron chi connectivity index (χ2n) is 5.93. The van der Waals surface area contributed by atoms with E-state index in [-0.39, 0.29) is 28.5 Å². The number of sulfonamides is 1. The first kappa shape index (κ1) is 22.5. The van der Waals surface area contributed by atoms with Gasteiger partial charge in [0.05, 0.1) is 24.3 Å². The molecule has 2 rings (SSSR count). The molecule has 1 unspecified atom stereocenters. The third-order valence-electron chi connectivity index (χ3n) is 3.80. The molecule has 0 aliphatic carbocycles. The maximum Gasteiger partial charge on any atom is 0.328 e. The fourth-order valence-electron chi connectivity index (χ4n) is 2.37. The predicted octanol–water partition coefficient (Wildman–Crippen LogP) is 2.83. The highest BCUT2D eigenvalue weighted by atomic mass is 35.5. The highest BCUT2D eigenvalue weighted by Gasteiger charge is 2.21. The molecule has 1 atom stereocenters. The normalized spacial score (nSPS) is 12.0. The van der Waals surface area contributed by atoms with Gasteiger partial charge in [-0.2, -0.15) is 0 Å². The van der Waals surface area contributed by atoms with Crippen LogP contribution in [0.15, 0.2) is 47.4 Å². The molecule has 1 amide bonds. The van der Waals surface area contributed by atoms with E-state index in [2.05, 4.69) is 10.0 Å². The Morgan fingerprint density at radius 1 is 1.17 bits per heavy atom. The third kappa shape index (κ3) is 5.85. The van der Waals surface area contributed by atoms with E-state index in [1.54, 1.807) is 13.0 Å². The lowest BCUT2D eigenvalue weighted by atomic mass is 10.2. The molecule has 0 aliphatic heterocycles. The van der Waals surface area contributed by atoms with Gasteiger partial charge in [-0.05, 0) is 50.2 Å². The number of hydrogen-bond acceptors (Lipinski definition) is 6. The summed E-state index contributed by atoms with van der Waals surface area (Å²) in [6.07, 6.45) is 0. The number of amides is 1. The van der Waals surface area contributed by atoms with E-state index >= 15 is 0 Å². The Labute approximate surface area is 174 Å². The van der Waals surface area contributed by atoms with Gasteiger partial charge in [-0.15, -0.1) is 0 Å². The number of carbonyl (C=O) groups excluding carboxylic acids is 2. The van der Waals surface area contributed by atoms with Gasteiger partial charge < -0.3 is 14.8 Å². The van der Waals surface area contributed by atoms with E-state index < -0.39 is 27.9 Å². The Hall–Kier alpha value is -2.78. The fourth-order valence-corrected chi connectivity index (χ4v) is 3.65. The van der Waals surface area contributed by atoms with Gasteiger partial charge in [-0.3, -0.25) is 9.52 Å². The van der Waals surface area contributed by atoms with Crippen molar-refractivity contribution in [3.63, 3.8) is 0 Å². The van der Waals surface area contributed by atoms with Gasteiger partial charge in [0, 0.05) is 10.6 Å². The number of methoxy groups -OCH3 is 1. The summed E-state index contributed by atoms with van der Waals surface area (Å²) in [5.41, 5.74) is 0.230. The van der Waals surface area contributed by atoms with Gasteiger partial charge in [-0.25, -0.2) is 13.2 Å². The Morgan fingerprint density at radius 3 is 2.55 bits per heavy atom. The van der Waals surface area contributed by atoms with E-state index in [1.165, 1.54) is 50.4 Å². The van der Waals surface area contributed by atoms with Crippen molar-refractivity contribution in [2.24, 2.45) is 0 Å². The summed E-state index contributed by atoms with van der Waals surface area (Å²) in [5, 5.41) is 2.79. The standard InChI is InChI=1S/C19H21ClN2O6S/c1-4-28-19(24)12(2)21-18(23)13-6-5-7-15(10-13)29(25,26)22-16-11-14(20)8-9-17(16)27-3/h5-12,22H,4H2,1-3H3,(H,21,23). The van der Waals surface area contributed by atoms with E-state index in [4.69, 9.17) is 21.1 Å². The maximum atomic E-state index is 12.8. The minimum atomic E-state index is -4.03. The number of rotatable bonds is 8. The van der Waals surface area contributed by atoms with Crippen LogP contribution in [-0.4, -0.2) is 40.1 Å². The summed E-state index contributed by atoms with van der Waals surface area (Å²) in [6.45, 7) is 3.32. The van der Waals surface area contributed by atoms with Crippen LogP contribution in [0.5, 0.6) is 5.75 Å². The molecule has 10 heteroatoms. The summed E-state index contributed by atoms with van der Waals surface area (Å²) in [5.74, 6) is -0.905. The Bertz CT molecular complexity index is 1010.